The van der Waals surface area contributed by atoms with Gasteiger partial charge in [-0.05, 0) is 49.2 Å². The fourth-order valence-electron chi connectivity index (χ4n) is 3.74. The van der Waals surface area contributed by atoms with Crippen LogP contribution in [0, 0.1) is 0 Å². The average molecular weight is 466 g/mol. The second-order valence-corrected chi connectivity index (χ2v) is 10.0. The number of rotatable bonds is 7. The van der Waals surface area contributed by atoms with E-state index in [0.717, 1.165) is 11.1 Å². The predicted octanol–water partition coefficient (Wildman–Crippen LogP) is 3.91. The van der Waals surface area contributed by atoms with Crippen molar-refractivity contribution in [2.24, 2.45) is 0 Å². The van der Waals surface area contributed by atoms with Crippen LogP contribution in [-0.2, 0) is 21.4 Å². The summed E-state index contributed by atoms with van der Waals surface area (Å²) in [4.78, 5) is 12.1. The SMILES string of the molecule is CC(C)NC(=O)COc1ccc([C@@H]2Nc3ccccc3S(=O)(=O)N2Cc2ccccc2)cc1. The van der Waals surface area contributed by atoms with Crippen molar-refractivity contribution in [1.29, 1.82) is 0 Å². The summed E-state index contributed by atoms with van der Waals surface area (Å²) in [7, 11) is -3.73. The van der Waals surface area contributed by atoms with Gasteiger partial charge >= 0.3 is 0 Å². The summed E-state index contributed by atoms with van der Waals surface area (Å²) < 4.78 is 34.1. The van der Waals surface area contributed by atoms with E-state index < -0.39 is 16.2 Å². The van der Waals surface area contributed by atoms with Gasteiger partial charge < -0.3 is 15.4 Å². The van der Waals surface area contributed by atoms with Crippen LogP contribution in [0.25, 0.3) is 0 Å². The molecule has 1 atom stereocenters. The van der Waals surface area contributed by atoms with E-state index in [1.165, 1.54) is 4.31 Å². The van der Waals surface area contributed by atoms with Gasteiger partial charge in [0.15, 0.2) is 6.61 Å². The Hall–Kier alpha value is -3.36. The number of anilines is 1. The smallest absolute Gasteiger partial charge is 0.258 e. The molecule has 2 N–H and O–H groups in total. The van der Waals surface area contributed by atoms with E-state index in [4.69, 9.17) is 4.74 Å². The van der Waals surface area contributed by atoms with Gasteiger partial charge in [0, 0.05) is 12.6 Å². The van der Waals surface area contributed by atoms with Crippen molar-refractivity contribution in [2.45, 2.75) is 37.5 Å². The van der Waals surface area contributed by atoms with E-state index in [2.05, 4.69) is 10.6 Å². The average Bonchev–Trinajstić information content (AvgIpc) is 2.80. The third-order valence-electron chi connectivity index (χ3n) is 5.25. The molecule has 33 heavy (non-hydrogen) atoms. The van der Waals surface area contributed by atoms with Crippen LogP contribution < -0.4 is 15.4 Å². The highest BCUT2D eigenvalue weighted by molar-refractivity contribution is 7.89. The Kier molecular flexibility index (Phi) is 6.67. The minimum Gasteiger partial charge on any atom is -0.484 e. The first-order chi connectivity index (χ1) is 15.8. The predicted molar refractivity (Wildman–Crippen MR) is 127 cm³/mol. The number of ether oxygens (including phenoxy) is 1. The summed E-state index contributed by atoms with van der Waals surface area (Å²) in [5, 5.41) is 6.15. The number of benzene rings is 3. The van der Waals surface area contributed by atoms with Crippen molar-refractivity contribution >= 4 is 21.6 Å². The molecule has 4 rings (SSSR count). The molecule has 1 heterocycles. The molecule has 1 aliphatic rings. The molecule has 1 amide bonds. The van der Waals surface area contributed by atoms with Gasteiger partial charge in [-0.1, -0.05) is 54.6 Å². The maximum Gasteiger partial charge on any atom is 0.258 e. The van der Waals surface area contributed by atoms with Crippen LogP contribution in [0.15, 0.2) is 83.8 Å². The Morgan fingerprint density at radius 2 is 1.67 bits per heavy atom. The number of nitrogens with one attached hydrogen (secondary N) is 2. The molecule has 3 aromatic carbocycles. The fourth-order valence-corrected chi connectivity index (χ4v) is 5.42. The lowest BCUT2D eigenvalue weighted by Gasteiger charge is -2.37. The Morgan fingerprint density at radius 3 is 2.36 bits per heavy atom. The van der Waals surface area contributed by atoms with Crippen LogP contribution in [0.3, 0.4) is 0 Å². The summed E-state index contributed by atoms with van der Waals surface area (Å²) in [6.07, 6.45) is -0.594. The van der Waals surface area contributed by atoms with E-state index >= 15 is 0 Å². The van der Waals surface area contributed by atoms with Gasteiger partial charge in [0.2, 0.25) is 10.0 Å². The molecule has 0 bridgehead atoms. The van der Waals surface area contributed by atoms with Gasteiger partial charge in [-0.2, -0.15) is 4.31 Å². The quantitative estimate of drug-likeness (QED) is 0.553. The zero-order chi connectivity index (χ0) is 23.4. The van der Waals surface area contributed by atoms with E-state index in [1.807, 2.05) is 62.4 Å². The Morgan fingerprint density at radius 1 is 1.00 bits per heavy atom. The summed E-state index contributed by atoms with van der Waals surface area (Å²) in [6, 6.07) is 23.6. The second-order valence-electron chi connectivity index (χ2n) is 8.16. The van der Waals surface area contributed by atoms with Crippen LogP contribution in [0.2, 0.25) is 0 Å². The lowest BCUT2D eigenvalue weighted by atomic mass is 10.1. The Labute approximate surface area is 194 Å². The zero-order valence-corrected chi connectivity index (χ0v) is 19.4. The van der Waals surface area contributed by atoms with Gasteiger partial charge in [0.05, 0.1) is 5.69 Å². The summed E-state index contributed by atoms with van der Waals surface area (Å²) in [6.45, 7) is 3.92. The first-order valence-corrected chi connectivity index (χ1v) is 12.2. The summed E-state index contributed by atoms with van der Waals surface area (Å²) in [5.41, 5.74) is 2.23. The lowest BCUT2D eigenvalue weighted by molar-refractivity contribution is -0.123. The van der Waals surface area contributed by atoms with Crippen LogP contribution in [-0.4, -0.2) is 31.3 Å². The molecule has 0 saturated carbocycles. The fraction of sp³-hybridized carbons (Fsp3) is 0.240. The molecule has 7 nitrogen and oxygen atoms in total. The molecule has 1 aliphatic heterocycles. The van der Waals surface area contributed by atoms with Crippen LogP contribution in [0.5, 0.6) is 5.75 Å². The van der Waals surface area contributed by atoms with Crippen molar-refractivity contribution in [3.05, 3.63) is 90.0 Å². The van der Waals surface area contributed by atoms with Crippen LogP contribution in [0.4, 0.5) is 5.69 Å². The largest absolute Gasteiger partial charge is 0.484 e. The molecular weight excluding hydrogens is 438 g/mol. The standard InChI is InChI=1S/C25H27N3O4S/c1-18(2)26-24(29)17-32-21-14-12-20(13-15-21)25-27-22-10-6-7-11-23(22)33(30,31)28(25)16-19-8-4-3-5-9-19/h3-15,18,25,27H,16-17H2,1-2H3,(H,26,29)/t25-/m1/s1. The molecular formula is C25H27N3O4S. The highest BCUT2D eigenvalue weighted by Crippen LogP contribution is 2.39. The molecule has 0 fully saturated rings. The molecule has 0 radical (unpaired) electrons. The number of nitrogens with zero attached hydrogens (tertiary/aromatic N) is 1. The lowest BCUT2D eigenvalue weighted by Crippen LogP contribution is -2.42. The van der Waals surface area contributed by atoms with Crippen LogP contribution >= 0.6 is 0 Å². The number of para-hydroxylation sites is 1. The van der Waals surface area contributed by atoms with Gasteiger partial charge in [0.1, 0.15) is 16.8 Å². The third kappa shape index (κ3) is 5.18. The van der Waals surface area contributed by atoms with Crippen molar-refractivity contribution in [1.82, 2.24) is 9.62 Å². The number of carbonyl (C=O) groups is 1. The Bertz CT molecular complexity index is 1210. The topological polar surface area (TPSA) is 87.7 Å². The van der Waals surface area contributed by atoms with Gasteiger partial charge in [-0.25, -0.2) is 8.42 Å². The molecule has 172 valence electrons. The number of carbonyl (C=O) groups excluding carboxylic acids is 1. The number of fused-ring (bicyclic) bond motifs is 1. The molecule has 8 heteroatoms. The highest BCUT2D eigenvalue weighted by Gasteiger charge is 2.38. The number of amides is 1. The minimum absolute atomic E-state index is 0.0428. The maximum atomic E-state index is 13.5. The van der Waals surface area contributed by atoms with Crippen molar-refractivity contribution in [3.63, 3.8) is 0 Å². The second kappa shape index (κ2) is 9.64. The number of hydrogen-bond acceptors (Lipinski definition) is 5. The Balaban J connectivity index is 1.61. The monoisotopic (exact) mass is 465 g/mol. The molecule has 0 spiro atoms. The summed E-state index contributed by atoms with van der Waals surface area (Å²) >= 11 is 0. The van der Waals surface area contributed by atoms with Crippen molar-refractivity contribution in [2.75, 3.05) is 11.9 Å². The zero-order valence-electron chi connectivity index (χ0n) is 18.6. The third-order valence-corrected chi connectivity index (χ3v) is 7.12. The molecule has 0 unspecified atom stereocenters. The molecule has 0 aromatic heterocycles. The normalized spacial score (nSPS) is 17.1. The first kappa shape index (κ1) is 22.8. The van der Waals surface area contributed by atoms with Gasteiger partial charge in [-0.3, -0.25) is 4.79 Å². The maximum absolute atomic E-state index is 13.5. The van der Waals surface area contributed by atoms with E-state index in [0.29, 0.717) is 11.4 Å². The van der Waals surface area contributed by atoms with E-state index in [1.54, 1.807) is 30.3 Å². The molecule has 0 saturated heterocycles. The van der Waals surface area contributed by atoms with E-state index in [9.17, 15) is 13.2 Å². The first-order valence-electron chi connectivity index (χ1n) is 10.8. The summed E-state index contributed by atoms with van der Waals surface area (Å²) in [5.74, 6) is 0.339. The van der Waals surface area contributed by atoms with E-state index in [-0.39, 0.29) is 30.0 Å². The minimum atomic E-state index is -3.73. The number of hydrogen-bond donors (Lipinski definition) is 2. The molecule has 0 aliphatic carbocycles. The van der Waals surface area contributed by atoms with Crippen molar-refractivity contribution < 1.29 is 17.9 Å². The van der Waals surface area contributed by atoms with Crippen molar-refractivity contribution in [3.8, 4) is 5.75 Å². The van der Waals surface area contributed by atoms with Gasteiger partial charge in [-0.15, -0.1) is 0 Å². The highest BCUT2D eigenvalue weighted by atomic mass is 32.2. The van der Waals surface area contributed by atoms with Gasteiger partial charge in [0.25, 0.3) is 5.91 Å². The number of sulfonamides is 1. The molecule has 3 aromatic rings. The van der Waals surface area contributed by atoms with Crippen LogP contribution in [0.1, 0.15) is 31.1 Å².